The number of aromatic amines is 1. The van der Waals surface area contributed by atoms with Gasteiger partial charge in [-0.25, -0.2) is 0 Å². The van der Waals surface area contributed by atoms with E-state index in [2.05, 4.69) is 63.6 Å². The summed E-state index contributed by atoms with van der Waals surface area (Å²) in [6, 6.07) is 4.81. The van der Waals surface area contributed by atoms with Crippen LogP contribution in [0.25, 0.3) is 10.9 Å². The van der Waals surface area contributed by atoms with Crippen LogP contribution in [0.3, 0.4) is 0 Å². The number of rotatable bonds is 2. The van der Waals surface area contributed by atoms with Crippen LogP contribution in [0.2, 0.25) is 0 Å². The first-order chi connectivity index (χ1) is 12.1. The van der Waals surface area contributed by atoms with E-state index in [1.54, 1.807) is 0 Å². The molecule has 1 saturated heterocycles. The van der Waals surface area contributed by atoms with Crippen molar-refractivity contribution in [2.75, 3.05) is 6.54 Å². The predicted molar refractivity (Wildman–Crippen MR) is 109 cm³/mol. The predicted octanol–water partition coefficient (Wildman–Crippen LogP) is 4.85. The van der Waals surface area contributed by atoms with Gasteiger partial charge < -0.3 is 4.98 Å². The van der Waals surface area contributed by atoms with Crippen LogP contribution < -0.4 is 5.43 Å². The van der Waals surface area contributed by atoms with Gasteiger partial charge in [-0.3, -0.25) is 9.69 Å². The van der Waals surface area contributed by atoms with E-state index in [1.807, 2.05) is 0 Å². The van der Waals surface area contributed by atoms with Crippen molar-refractivity contribution in [1.82, 2.24) is 9.88 Å². The van der Waals surface area contributed by atoms with E-state index in [0.29, 0.717) is 16.9 Å². The molecule has 0 spiro atoms. The summed E-state index contributed by atoms with van der Waals surface area (Å²) in [4.78, 5) is 19.4. The highest BCUT2D eigenvalue weighted by atomic mass is 16.1. The van der Waals surface area contributed by atoms with Crippen LogP contribution in [0.5, 0.6) is 0 Å². The Morgan fingerprint density at radius 2 is 1.88 bits per heavy atom. The van der Waals surface area contributed by atoms with Crippen molar-refractivity contribution >= 4 is 10.9 Å². The largest absolute Gasteiger partial charge is 0.358 e. The summed E-state index contributed by atoms with van der Waals surface area (Å²) < 4.78 is 0. The molecule has 2 aliphatic rings. The lowest BCUT2D eigenvalue weighted by molar-refractivity contribution is 0.126. The summed E-state index contributed by atoms with van der Waals surface area (Å²) >= 11 is 0. The van der Waals surface area contributed by atoms with Gasteiger partial charge in [0.15, 0.2) is 5.43 Å². The molecule has 1 N–H and O–H groups in total. The Bertz CT molecular complexity index is 939. The monoisotopic (exact) mass is 352 g/mol. The van der Waals surface area contributed by atoms with Crippen molar-refractivity contribution in [2.45, 2.75) is 73.4 Å². The van der Waals surface area contributed by atoms with E-state index in [-0.39, 0.29) is 5.43 Å². The van der Waals surface area contributed by atoms with Crippen LogP contribution in [0.15, 0.2) is 16.9 Å². The zero-order chi connectivity index (χ0) is 18.9. The van der Waals surface area contributed by atoms with E-state index >= 15 is 0 Å². The lowest BCUT2D eigenvalue weighted by atomic mass is 9.65. The molecule has 2 atom stereocenters. The van der Waals surface area contributed by atoms with Crippen molar-refractivity contribution in [3.63, 3.8) is 0 Å². The van der Waals surface area contributed by atoms with Crippen molar-refractivity contribution < 1.29 is 0 Å². The second-order valence-electron chi connectivity index (χ2n) is 10.2. The molecule has 1 aromatic heterocycles. The van der Waals surface area contributed by atoms with Crippen LogP contribution >= 0.6 is 0 Å². The maximum Gasteiger partial charge on any atom is 0.194 e. The number of fused-ring (bicyclic) bond motifs is 3. The van der Waals surface area contributed by atoms with Gasteiger partial charge in [-0.1, -0.05) is 26.8 Å². The Hall–Kier alpha value is -1.61. The fourth-order valence-corrected chi connectivity index (χ4v) is 6.12. The highest BCUT2D eigenvalue weighted by molar-refractivity contribution is 5.83. The summed E-state index contributed by atoms with van der Waals surface area (Å²) in [5.74, 6) is 0. The molecule has 2 aromatic rings. The average Bonchev–Trinajstić information content (AvgIpc) is 2.70. The van der Waals surface area contributed by atoms with Crippen molar-refractivity contribution in [3.8, 4) is 0 Å². The molecule has 2 unspecified atom stereocenters. The van der Waals surface area contributed by atoms with Gasteiger partial charge in [-0.15, -0.1) is 0 Å². The molecule has 4 rings (SSSR count). The molecule has 2 heterocycles. The molecule has 3 nitrogen and oxygen atoms in total. The molecule has 1 aromatic carbocycles. The van der Waals surface area contributed by atoms with Crippen molar-refractivity contribution in [3.05, 3.63) is 44.7 Å². The number of benzene rings is 1. The zero-order valence-electron chi connectivity index (χ0n) is 17.1. The smallest absolute Gasteiger partial charge is 0.194 e. The highest BCUT2D eigenvalue weighted by Gasteiger charge is 2.49. The first-order valence-electron chi connectivity index (χ1n) is 9.94. The maximum atomic E-state index is 13.3. The Morgan fingerprint density at radius 3 is 2.62 bits per heavy atom. The van der Waals surface area contributed by atoms with Crippen LogP contribution in [0.1, 0.15) is 62.4 Å². The molecule has 1 aliphatic heterocycles. The van der Waals surface area contributed by atoms with Crippen LogP contribution in [0, 0.1) is 31.6 Å². The molecule has 0 amide bonds. The zero-order valence-corrected chi connectivity index (χ0v) is 17.1. The number of likely N-dealkylation sites (tertiary alicyclic amines) is 1. The third-order valence-corrected chi connectivity index (χ3v) is 6.64. The van der Waals surface area contributed by atoms with Gasteiger partial charge >= 0.3 is 0 Å². The van der Waals surface area contributed by atoms with Gasteiger partial charge in [0.1, 0.15) is 0 Å². The van der Waals surface area contributed by atoms with Crippen molar-refractivity contribution in [1.29, 1.82) is 0 Å². The highest BCUT2D eigenvalue weighted by Crippen LogP contribution is 2.52. The van der Waals surface area contributed by atoms with E-state index in [0.717, 1.165) is 40.8 Å². The molecule has 1 saturated carbocycles. The first kappa shape index (κ1) is 17.8. The molecule has 0 radical (unpaired) electrons. The molecular weight excluding hydrogens is 320 g/mol. The van der Waals surface area contributed by atoms with Gasteiger partial charge in [0.25, 0.3) is 0 Å². The number of nitrogens with one attached hydrogen (secondary N) is 1. The molecule has 1 aliphatic carbocycles. The third kappa shape index (κ3) is 2.90. The molecule has 2 fully saturated rings. The normalized spacial score (nSPS) is 28.0. The first-order valence-corrected chi connectivity index (χ1v) is 9.94. The van der Waals surface area contributed by atoms with E-state index in [9.17, 15) is 4.79 Å². The maximum absolute atomic E-state index is 13.3. The van der Waals surface area contributed by atoms with Crippen molar-refractivity contribution in [2.24, 2.45) is 10.8 Å². The number of aromatic nitrogens is 1. The summed E-state index contributed by atoms with van der Waals surface area (Å²) in [5.41, 5.74) is 6.26. The number of hydrogen-bond donors (Lipinski definition) is 1. The number of pyridine rings is 1. The fourth-order valence-electron chi connectivity index (χ4n) is 6.12. The molecule has 140 valence electrons. The molecule has 3 heteroatoms. The standard InChI is InChI=1S/C23H32N2O/c1-14-7-15(2)20-19(8-14)24-16(3)18(21(20)26)11-25-13-23(6)10-17(25)9-22(4,5)12-23/h7-8,17H,9-13H2,1-6H3,(H,24,26). The van der Waals surface area contributed by atoms with Gasteiger partial charge in [0.05, 0.1) is 5.52 Å². The van der Waals surface area contributed by atoms with Gasteiger partial charge in [0, 0.05) is 35.8 Å². The lowest BCUT2D eigenvalue weighted by Gasteiger charge is -2.40. The minimum Gasteiger partial charge on any atom is -0.358 e. The number of hydrogen-bond acceptors (Lipinski definition) is 2. The third-order valence-electron chi connectivity index (χ3n) is 6.64. The topological polar surface area (TPSA) is 36.1 Å². The summed E-state index contributed by atoms with van der Waals surface area (Å²) in [7, 11) is 0. The van der Waals surface area contributed by atoms with E-state index in [1.165, 1.54) is 24.8 Å². The van der Waals surface area contributed by atoms with E-state index in [4.69, 9.17) is 0 Å². The quantitative estimate of drug-likeness (QED) is 0.838. The van der Waals surface area contributed by atoms with Gasteiger partial charge in [-0.2, -0.15) is 0 Å². The van der Waals surface area contributed by atoms with E-state index < -0.39 is 0 Å². The second-order valence-corrected chi connectivity index (χ2v) is 10.2. The van der Waals surface area contributed by atoms with Crippen LogP contribution in [-0.2, 0) is 6.54 Å². The van der Waals surface area contributed by atoms with Crippen LogP contribution in [0.4, 0.5) is 0 Å². The number of H-pyrrole nitrogens is 1. The fraction of sp³-hybridized carbons (Fsp3) is 0.609. The minimum atomic E-state index is 0.222. The van der Waals surface area contributed by atoms with Gasteiger partial charge in [-0.05, 0) is 68.1 Å². The molecule has 2 bridgehead atoms. The SMILES string of the molecule is Cc1cc(C)c2c(=O)c(CN3CC4(C)CC3CC(C)(C)C4)c(C)[nH]c2c1. The number of aryl methyl sites for hydroxylation is 3. The Labute approximate surface area is 156 Å². The Balaban J connectivity index is 1.74. The summed E-state index contributed by atoms with van der Waals surface area (Å²) in [5, 5.41) is 0.866. The summed E-state index contributed by atoms with van der Waals surface area (Å²) in [6.45, 7) is 15.3. The number of nitrogens with zero attached hydrogens (tertiary/aromatic N) is 1. The minimum absolute atomic E-state index is 0.222. The van der Waals surface area contributed by atoms with Gasteiger partial charge in [0.2, 0.25) is 0 Å². The van der Waals surface area contributed by atoms with Crippen LogP contribution in [-0.4, -0.2) is 22.5 Å². The second kappa shape index (κ2) is 5.69. The molecule has 26 heavy (non-hydrogen) atoms. The Morgan fingerprint density at radius 1 is 1.15 bits per heavy atom. The summed E-state index contributed by atoms with van der Waals surface area (Å²) in [6.07, 6.45) is 3.81. The Kier molecular flexibility index (Phi) is 3.89. The average molecular weight is 353 g/mol. The molecular formula is C23H32N2O. The lowest BCUT2D eigenvalue weighted by Crippen LogP contribution is -2.35.